The van der Waals surface area contributed by atoms with Gasteiger partial charge in [0.1, 0.15) is 91.6 Å². The van der Waals surface area contributed by atoms with Crippen LogP contribution in [0.5, 0.6) is 0 Å². The molecule has 115 heavy (non-hydrogen) atoms. The molecule has 5 fully saturated rings. The molecule has 5 aliphatic rings. The topological polar surface area (TPSA) is 874 Å². The van der Waals surface area contributed by atoms with Gasteiger partial charge in [-0.15, -0.1) is 0 Å². The van der Waals surface area contributed by atoms with Gasteiger partial charge < -0.3 is 132 Å². The summed E-state index contributed by atoms with van der Waals surface area (Å²) in [7, 11) is -61.4. The van der Waals surface area contributed by atoms with E-state index in [1.165, 1.54) is 0 Å². The monoisotopic (exact) mass is 1990 g/mol. The zero-order chi connectivity index (χ0) is 78.7. The van der Waals surface area contributed by atoms with Gasteiger partial charge in [0.2, 0.25) is 104 Å². The SMILES string of the molecule is CO[C@H]1O[C@H](COS(=O)(=O)[O-])[C@@H](O[C@@H]2O[C@@H](C(=O)[O-])[C@@H](O[C@H]3O[C@H](COS(=O)(=O)[O-])[C@@H](O[C@@H]4O[C@H](C(=O)[O-])[C@@H](O[C@H]5O[C@H](COS(=O)(=O)[O-])[C@@H](OC)[C@H](OC)[C@H]5OS(=O)(=O)[O-])[C@H](OC)[C@H]4OS(=O)(=O)[O-])[C@H](OS(=O)(=O)[O-])[C@H]3OS(=O)(=O)[O-])[C@H](OC)[C@H]2OS(=O)(=O)[O-])[C@H](OS(=O)(=O)[O-])[C@H]1OS(=O)(=O)[O-].[Na+].[Na+].[Na+].[Na+].[Na+].[Na+].[Na+].[Na+].[Na+].[Na+].[Na+].[Na+]. The molecule has 0 bridgehead atoms. The second-order valence-corrected chi connectivity index (χ2v) is 30.1. The molecule has 0 aromatic rings. The van der Waals surface area contributed by atoms with E-state index in [0.29, 0.717) is 21.3 Å². The molecule has 80 heteroatoms. The number of carboxylic acids is 2. The first-order valence-corrected chi connectivity index (χ1v) is 39.3. The van der Waals surface area contributed by atoms with Crippen molar-refractivity contribution in [3.63, 3.8) is 0 Å². The fourth-order valence-corrected chi connectivity index (χ4v) is 14.4. The summed E-state index contributed by atoms with van der Waals surface area (Å²) in [5.41, 5.74) is 0. The van der Waals surface area contributed by atoms with Crippen molar-refractivity contribution in [3.05, 3.63) is 0 Å². The van der Waals surface area contributed by atoms with E-state index >= 15 is 0 Å². The molecule has 25 atom stereocenters. The van der Waals surface area contributed by atoms with Gasteiger partial charge in [0.25, 0.3) is 0 Å². The minimum Gasteiger partial charge on any atom is -0.726 e. The molecule has 5 heterocycles. The molecule has 58 nitrogen and oxygen atoms in total. The summed E-state index contributed by atoms with van der Waals surface area (Å²) in [5, 5.41) is 26.3. The number of rotatable bonds is 38. The van der Waals surface area contributed by atoms with Gasteiger partial charge >= 0.3 is 355 Å². The predicted molar refractivity (Wildman–Crippen MR) is 272 cm³/mol. The van der Waals surface area contributed by atoms with E-state index in [1.54, 1.807) is 0 Å². The summed E-state index contributed by atoms with van der Waals surface area (Å²) in [6, 6.07) is 0. The Morgan fingerprint density at radius 2 is 0.417 bits per heavy atom. The molecule has 0 aliphatic carbocycles. The molecule has 5 aliphatic heterocycles. The van der Waals surface area contributed by atoms with E-state index in [1.807, 2.05) is 0 Å². The summed E-state index contributed by atoms with van der Waals surface area (Å²) in [5.74, 6) is -5.70. The van der Waals surface area contributed by atoms with Gasteiger partial charge in [0.05, 0.1) is 31.8 Å². The first-order valence-electron chi connectivity index (χ1n) is 25.9. The molecule has 0 saturated carbocycles. The first-order chi connectivity index (χ1) is 46.7. The predicted octanol–water partition coefficient (Wildman–Crippen LogP) is -52.2. The molecular formula is C35H46Na12O58S10. The Hall–Kier alpha value is 9.08. The molecule has 0 N–H and O–H groups in total. The molecule has 606 valence electrons. The van der Waals surface area contributed by atoms with Crippen LogP contribution in [0.15, 0.2) is 0 Å². The van der Waals surface area contributed by atoms with Crippen LogP contribution < -0.4 is 365 Å². The van der Waals surface area contributed by atoms with Gasteiger partial charge in [-0.25, -0.2) is 84.2 Å². The maximum atomic E-state index is 13.2. The van der Waals surface area contributed by atoms with Gasteiger partial charge in [0, 0.05) is 35.5 Å². The normalized spacial score (nSPS) is 32.1. The zero-order valence-electron chi connectivity index (χ0n) is 62.3. The Morgan fingerprint density at radius 3 is 0.626 bits per heavy atom. The van der Waals surface area contributed by atoms with E-state index in [2.05, 4.69) is 41.8 Å². The molecule has 0 amide bonds. The van der Waals surface area contributed by atoms with Crippen LogP contribution in [-0.2, 0) is 222 Å². The van der Waals surface area contributed by atoms with E-state index < -0.39 is 289 Å². The molecule has 0 radical (unpaired) electrons. The largest absolute Gasteiger partial charge is 1.00 e. The van der Waals surface area contributed by atoms with Crippen molar-refractivity contribution >= 4 is 116 Å². The van der Waals surface area contributed by atoms with Crippen molar-refractivity contribution in [2.24, 2.45) is 0 Å². The van der Waals surface area contributed by atoms with Gasteiger partial charge in [0.15, 0.2) is 62.0 Å². The van der Waals surface area contributed by atoms with Crippen LogP contribution in [0.2, 0.25) is 0 Å². The number of methoxy groups -OCH3 is 5. The quantitative estimate of drug-likeness (QED) is 0.0315. The number of carbonyl (C=O) groups excluding carboxylic acids is 2. The van der Waals surface area contributed by atoms with Gasteiger partial charge in [-0.2, -0.15) is 0 Å². The number of hydrogen-bond acceptors (Lipinski definition) is 58. The zero-order valence-corrected chi connectivity index (χ0v) is 94.5. The summed E-state index contributed by atoms with van der Waals surface area (Å²) in [6.45, 7) is -5.73. The fourth-order valence-electron chi connectivity index (χ4n) is 10.1. The Labute approximate surface area is 920 Å². The minimum atomic E-state index is -6.88. The third-order valence-electron chi connectivity index (χ3n) is 13.4. The van der Waals surface area contributed by atoms with E-state index in [-0.39, 0.29) is 362 Å². The number of carboxylic acid groups (broad SMARTS) is 2. The summed E-state index contributed by atoms with van der Waals surface area (Å²) in [4.78, 5) is 26.3. The molecule has 0 spiro atoms. The van der Waals surface area contributed by atoms with Crippen LogP contribution in [0, 0.1) is 0 Å². The van der Waals surface area contributed by atoms with Gasteiger partial charge in [-0.1, -0.05) is 0 Å². The van der Waals surface area contributed by atoms with Crippen molar-refractivity contribution in [2.45, 2.75) is 154 Å². The average molecular weight is 1990 g/mol. The van der Waals surface area contributed by atoms with Crippen molar-refractivity contribution in [1.82, 2.24) is 0 Å². The standard InChI is InChI=1S/C35H58O58S10.12Na/c1-70-12-9(6-75-94(40,41)42)79-32(24(15(12)71-2)89-99(55,56)57)83-18-16(72-3)25(90-100(58,59)60)35(85-22(18)29(36)37)82-14-11(8-77-96(46,47)48)80-33(28(93-103(67,68)69)21(14)88-98(52,53)54)84-19-17(73-4)26(91-101(61,62)63)34(86-23(19)30(38)39)81-13-10(7-76-95(43,44)45)78-31(74-5)27(92-102(64,65)66)20(13)87-97(49,50)51;;;;;;;;;;;;/h9-28,31-35H,6-8H2,1-5H3,(H,36,37)(H,38,39)(H,40,41,42)(H,43,44,45)(H,46,47,48)(H,49,50,51)(H,52,53,54)(H,55,56,57)(H,58,59,60)(H,61,62,63)(H,64,65,66)(H,67,68,69);;;;;;;;;;;;/q;12*+1/p-12/t9-,10-,11-,12-,13-,14-,15+,16+,17+,18+,19+,20+,21+,22+,23-,24-,25-,26-,27-,28-,31+,32-,33-,34-,35-;;;;;;;;;;;;/m1............/s1. The van der Waals surface area contributed by atoms with Gasteiger partial charge in [-0.05, 0) is 0 Å². The summed E-state index contributed by atoms with van der Waals surface area (Å²) in [6.07, 6.45) is -77.9. The molecule has 0 unspecified atom stereocenters. The van der Waals surface area contributed by atoms with Crippen LogP contribution in [0.4, 0.5) is 0 Å². The second kappa shape index (κ2) is 58.5. The second-order valence-electron chi connectivity index (χ2n) is 19.9. The number of ether oxygens (including phenoxy) is 14. The smallest absolute Gasteiger partial charge is 0.726 e. The Morgan fingerprint density at radius 1 is 0.235 bits per heavy atom. The van der Waals surface area contributed by atoms with Crippen molar-refractivity contribution in [3.8, 4) is 0 Å². The Balaban J connectivity index is -0.00000159. The van der Waals surface area contributed by atoms with Crippen LogP contribution in [0.25, 0.3) is 0 Å². The molecular weight excluding hydrogens is 1940 g/mol. The maximum absolute atomic E-state index is 13.2. The fraction of sp³-hybridized carbons (Fsp3) is 0.943. The van der Waals surface area contributed by atoms with Crippen molar-refractivity contribution < 1.29 is 612 Å². The summed E-state index contributed by atoms with van der Waals surface area (Å²) < 4.78 is 480. The molecule has 0 aromatic heterocycles. The molecule has 5 rings (SSSR count). The molecule has 0 aromatic carbocycles. The number of hydrogen-bond donors (Lipinski definition) is 0. The minimum absolute atomic E-state index is 0. The summed E-state index contributed by atoms with van der Waals surface area (Å²) >= 11 is 0. The van der Waals surface area contributed by atoms with E-state index in [4.69, 9.17) is 66.3 Å². The van der Waals surface area contributed by atoms with Crippen LogP contribution >= 0.6 is 0 Å². The van der Waals surface area contributed by atoms with Crippen molar-refractivity contribution in [1.29, 1.82) is 0 Å². The Kier molecular flexibility index (Phi) is 71.0. The van der Waals surface area contributed by atoms with Crippen LogP contribution in [0.1, 0.15) is 0 Å². The van der Waals surface area contributed by atoms with Gasteiger partial charge in [-0.3, -0.25) is 41.8 Å². The number of aliphatic carboxylic acids is 2. The third-order valence-corrected chi connectivity index (χ3v) is 17.9. The van der Waals surface area contributed by atoms with E-state index in [9.17, 15) is 150 Å². The van der Waals surface area contributed by atoms with E-state index in [0.717, 1.165) is 7.11 Å². The number of carbonyl (C=O) groups is 2. The Bertz CT molecular complexity index is 4170. The molecule has 5 saturated heterocycles. The first kappa shape index (κ1) is 139. The van der Waals surface area contributed by atoms with Crippen molar-refractivity contribution in [2.75, 3.05) is 55.4 Å². The maximum Gasteiger partial charge on any atom is 1.00 e. The average Bonchev–Trinajstić information content (AvgIpc) is 0.750. The van der Waals surface area contributed by atoms with Crippen LogP contribution in [0.3, 0.4) is 0 Å². The third kappa shape index (κ3) is 46.9. The van der Waals surface area contributed by atoms with Crippen LogP contribution in [-0.4, -0.2) is 351 Å².